The van der Waals surface area contributed by atoms with Crippen LogP contribution in [0, 0.1) is 0 Å². The lowest BCUT2D eigenvalue weighted by molar-refractivity contribution is -0.125. The summed E-state index contributed by atoms with van der Waals surface area (Å²) in [5.74, 6) is 1.29. The van der Waals surface area contributed by atoms with Gasteiger partial charge in [0.15, 0.2) is 11.5 Å². The molecule has 6 nitrogen and oxygen atoms in total. The van der Waals surface area contributed by atoms with Crippen molar-refractivity contribution >= 4 is 27.7 Å². The molecule has 1 unspecified atom stereocenters. The number of fused-ring (bicyclic) bond motifs is 1. The van der Waals surface area contributed by atoms with Crippen LogP contribution in [0.25, 0.3) is 0 Å². The molecular weight excluding hydrogens is 460 g/mol. The Morgan fingerprint density at radius 3 is 2.55 bits per heavy atom. The second kappa shape index (κ2) is 8.91. The fourth-order valence-electron chi connectivity index (χ4n) is 4.03. The minimum Gasteiger partial charge on any atom is -0.486 e. The van der Waals surface area contributed by atoms with E-state index in [1.807, 2.05) is 30.3 Å². The number of carbonyl (C=O) groups excluding carboxylic acids is 2. The Hall–Kier alpha value is -2.54. The third kappa shape index (κ3) is 4.71. The Labute approximate surface area is 191 Å². The third-order valence-corrected chi connectivity index (χ3v) is 6.46. The summed E-state index contributed by atoms with van der Waals surface area (Å²) in [5, 5.41) is 3.08. The highest BCUT2D eigenvalue weighted by atomic mass is 79.9. The van der Waals surface area contributed by atoms with E-state index in [1.165, 1.54) is 0 Å². The van der Waals surface area contributed by atoms with Gasteiger partial charge < -0.3 is 19.7 Å². The van der Waals surface area contributed by atoms with Crippen molar-refractivity contribution in [3.8, 4) is 11.5 Å². The average molecular weight is 487 g/mol. The van der Waals surface area contributed by atoms with Crippen LogP contribution in [-0.4, -0.2) is 49.1 Å². The first-order valence-electron chi connectivity index (χ1n) is 10.6. The fraction of sp³-hybridized carbons (Fsp3) is 0.417. The fourth-order valence-corrected chi connectivity index (χ4v) is 4.30. The van der Waals surface area contributed by atoms with Crippen molar-refractivity contribution in [2.75, 3.05) is 26.3 Å². The summed E-state index contributed by atoms with van der Waals surface area (Å²) in [5.41, 5.74) is 1.36. The van der Waals surface area contributed by atoms with Crippen LogP contribution < -0.4 is 14.8 Å². The number of hydrogen-bond donors (Lipinski definition) is 1. The number of benzene rings is 2. The number of ether oxygens (including phenoxy) is 2. The maximum Gasteiger partial charge on any atom is 0.254 e. The summed E-state index contributed by atoms with van der Waals surface area (Å²) in [6, 6.07) is 12.7. The Balaban J connectivity index is 1.41. The van der Waals surface area contributed by atoms with E-state index in [-0.39, 0.29) is 17.2 Å². The van der Waals surface area contributed by atoms with Crippen molar-refractivity contribution in [1.82, 2.24) is 10.2 Å². The second-order valence-corrected chi connectivity index (χ2v) is 9.54. The smallest absolute Gasteiger partial charge is 0.254 e. The summed E-state index contributed by atoms with van der Waals surface area (Å²) in [6.07, 6.45) is 1.50. The maximum atomic E-state index is 13.0. The molecule has 1 fully saturated rings. The van der Waals surface area contributed by atoms with Gasteiger partial charge in [-0.05, 0) is 54.8 Å². The minimum atomic E-state index is -0.438. The average Bonchev–Trinajstić information content (AvgIpc) is 3.27. The summed E-state index contributed by atoms with van der Waals surface area (Å²) >= 11 is 3.39. The Morgan fingerprint density at radius 2 is 1.81 bits per heavy atom. The quantitative estimate of drug-likeness (QED) is 0.695. The first kappa shape index (κ1) is 21.7. The number of nitrogens with zero attached hydrogens (tertiary/aromatic N) is 1. The van der Waals surface area contributed by atoms with Crippen LogP contribution in [-0.2, 0) is 10.2 Å². The zero-order chi connectivity index (χ0) is 22.0. The largest absolute Gasteiger partial charge is 0.486 e. The van der Waals surface area contributed by atoms with Crippen molar-refractivity contribution in [1.29, 1.82) is 0 Å². The molecule has 0 aliphatic carbocycles. The second-order valence-electron chi connectivity index (χ2n) is 8.62. The molecule has 0 spiro atoms. The van der Waals surface area contributed by atoms with Gasteiger partial charge in [-0.1, -0.05) is 35.8 Å². The molecule has 2 aromatic rings. The van der Waals surface area contributed by atoms with E-state index >= 15 is 0 Å². The Bertz CT molecular complexity index is 974. The topological polar surface area (TPSA) is 67.9 Å². The summed E-state index contributed by atoms with van der Waals surface area (Å²) in [7, 11) is 0. The molecule has 4 rings (SSSR count). The van der Waals surface area contributed by atoms with Gasteiger partial charge in [0.25, 0.3) is 5.91 Å². The van der Waals surface area contributed by atoms with Crippen LogP contribution in [0.4, 0.5) is 0 Å². The molecule has 2 heterocycles. The van der Waals surface area contributed by atoms with Crippen LogP contribution in [0.3, 0.4) is 0 Å². The van der Waals surface area contributed by atoms with E-state index in [1.54, 1.807) is 17.0 Å². The number of nitrogens with one attached hydrogen (secondary N) is 1. The Morgan fingerprint density at radius 1 is 1.10 bits per heavy atom. The normalized spacial score (nSPS) is 18.0. The highest BCUT2D eigenvalue weighted by Gasteiger charge is 2.35. The number of hydrogen-bond acceptors (Lipinski definition) is 4. The molecule has 2 amide bonds. The molecule has 1 saturated heterocycles. The number of rotatable bonds is 5. The van der Waals surface area contributed by atoms with Gasteiger partial charge in [-0.3, -0.25) is 9.59 Å². The molecule has 31 heavy (non-hydrogen) atoms. The van der Waals surface area contributed by atoms with E-state index in [0.29, 0.717) is 38.3 Å². The lowest BCUT2D eigenvalue weighted by Gasteiger charge is -2.30. The molecule has 164 valence electrons. The van der Waals surface area contributed by atoms with Crippen molar-refractivity contribution in [3.63, 3.8) is 0 Å². The van der Waals surface area contributed by atoms with Crippen LogP contribution in [0.2, 0.25) is 0 Å². The molecule has 2 aliphatic heterocycles. The zero-order valence-electron chi connectivity index (χ0n) is 17.8. The molecular formula is C24H27BrN2O4. The summed E-state index contributed by atoms with van der Waals surface area (Å²) < 4.78 is 12.2. The first-order chi connectivity index (χ1) is 14.8. The molecule has 0 aromatic heterocycles. The predicted octanol–water partition coefficient (Wildman–Crippen LogP) is 3.92. The summed E-state index contributed by atoms with van der Waals surface area (Å²) in [6.45, 7) is 6.32. The molecule has 0 saturated carbocycles. The van der Waals surface area contributed by atoms with Crippen LogP contribution in [0.5, 0.6) is 11.5 Å². The predicted molar refractivity (Wildman–Crippen MR) is 122 cm³/mol. The van der Waals surface area contributed by atoms with Gasteiger partial charge in [0.2, 0.25) is 5.91 Å². The van der Waals surface area contributed by atoms with Gasteiger partial charge in [-0.2, -0.15) is 0 Å². The molecule has 1 atom stereocenters. The molecule has 0 radical (unpaired) electrons. The lowest BCUT2D eigenvalue weighted by atomic mass is 9.84. The van der Waals surface area contributed by atoms with E-state index < -0.39 is 6.04 Å². The molecule has 1 N–H and O–H groups in total. The monoisotopic (exact) mass is 486 g/mol. The Kier molecular flexibility index (Phi) is 6.23. The van der Waals surface area contributed by atoms with Gasteiger partial charge in [0.1, 0.15) is 19.3 Å². The van der Waals surface area contributed by atoms with E-state index in [2.05, 4.69) is 35.1 Å². The van der Waals surface area contributed by atoms with Gasteiger partial charge in [-0.25, -0.2) is 0 Å². The van der Waals surface area contributed by atoms with Gasteiger partial charge in [0, 0.05) is 28.5 Å². The van der Waals surface area contributed by atoms with E-state index in [4.69, 9.17) is 9.47 Å². The lowest BCUT2D eigenvalue weighted by Crippen LogP contribution is -2.48. The standard InChI is InChI=1S/C24H27BrN2O4/c1-24(2,17-7-10-20-21(14-17)31-13-12-30-20)15-26-22(28)19-4-3-11-27(19)23(29)16-5-8-18(25)9-6-16/h5-10,14,19H,3-4,11-13,15H2,1-2H3,(H,26,28). The maximum absolute atomic E-state index is 13.0. The van der Waals surface area contributed by atoms with Gasteiger partial charge in [-0.15, -0.1) is 0 Å². The van der Waals surface area contributed by atoms with E-state index in [0.717, 1.165) is 28.0 Å². The van der Waals surface area contributed by atoms with Gasteiger partial charge >= 0.3 is 0 Å². The molecule has 7 heteroatoms. The SMILES string of the molecule is CC(C)(CNC(=O)C1CCCN1C(=O)c1ccc(Br)cc1)c1ccc2c(c1)OCCO2. The van der Waals surface area contributed by atoms with Crippen molar-refractivity contribution in [3.05, 3.63) is 58.1 Å². The number of likely N-dealkylation sites (tertiary alicyclic amines) is 1. The minimum absolute atomic E-state index is 0.101. The molecule has 2 aromatic carbocycles. The number of amides is 2. The zero-order valence-corrected chi connectivity index (χ0v) is 19.4. The van der Waals surface area contributed by atoms with Gasteiger partial charge in [0.05, 0.1) is 0 Å². The van der Waals surface area contributed by atoms with E-state index in [9.17, 15) is 9.59 Å². The number of carbonyl (C=O) groups is 2. The van der Waals surface area contributed by atoms with Crippen LogP contribution in [0.15, 0.2) is 46.9 Å². The highest BCUT2D eigenvalue weighted by molar-refractivity contribution is 9.10. The van der Waals surface area contributed by atoms with Crippen molar-refractivity contribution in [2.45, 2.75) is 38.1 Å². The summed E-state index contributed by atoms with van der Waals surface area (Å²) in [4.78, 5) is 27.6. The first-order valence-corrected chi connectivity index (χ1v) is 11.4. The molecule has 2 aliphatic rings. The van der Waals surface area contributed by atoms with Crippen molar-refractivity contribution in [2.24, 2.45) is 0 Å². The van der Waals surface area contributed by atoms with Crippen LogP contribution in [0.1, 0.15) is 42.6 Å². The molecule has 0 bridgehead atoms. The number of halogens is 1. The highest BCUT2D eigenvalue weighted by Crippen LogP contribution is 2.35. The third-order valence-electron chi connectivity index (χ3n) is 5.94. The van der Waals surface area contributed by atoms with Crippen LogP contribution >= 0.6 is 15.9 Å². The van der Waals surface area contributed by atoms with Crippen molar-refractivity contribution < 1.29 is 19.1 Å².